The molecular weight excluding hydrogens is 280 g/mol. The van der Waals surface area contributed by atoms with Gasteiger partial charge in [0.25, 0.3) is 0 Å². The summed E-state index contributed by atoms with van der Waals surface area (Å²) in [6, 6.07) is 0. The Morgan fingerprint density at radius 2 is 1.61 bits per heavy atom. The number of hydrogen-bond donors (Lipinski definition) is 1. The third kappa shape index (κ3) is 2.29. The predicted molar refractivity (Wildman–Crippen MR) is 96.0 cm³/mol. The molecule has 1 nitrogen and oxygen atoms in total. The van der Waals surface area contributed by atoms with E-state index in [1.54, 1.807) is 0 Å². The fourth-order valence-corrected chi connectivity index (χ4v) is 7.82. The molecule has 0 aromatic rings. The van der Waals surface area contributed by atoms with E-state index >= 15 is 0 Å². The van der Waals surface area contributed by atoms with E-state index in [1.165, 1.54) is 44.9 Å². The minimum absolute atomic E-state index is 0.0102. The van der Waals surface area contributed by atoms with Gasteiger partial charge in [0.05, 0.1) is 6.10 Å². The number of fused-ring (bicyclic) bond motifs is 5. The fraction of sp³-hybridized carbons (Fsp3) is 0.909. The van der Waals surface area contributed by atoms with Crippen LogP contribution in [0.4, 0.5) is 0 Å². The molecule has 0 aromatic carbocycles. The molecule has 1 N–H and O–H groups in total. The van der Waals surface area contributed by atoms with Crippen LogP contribution in [-0.4, -0.2) is 11.2 Å². The molecule has 8 atom stereocenters. The number of aliphatic hydroxyl groups is 1. The lowest BCUT2D eigenvalue weighted by atomic mass is 9.44. The van der Waals surface area contributed by atoms with Gasteiger partial charge in [0.2, 0.25) is 0 Å². The normalized spacial score (nSPS) is 56.2. The first-order valence-electron chi connectivity index (χ1n) is 10.3. The van der Waals surface area contributed by atoms with Gasteiger partial charge in [0.15, 0.2) is 0 Å². The molecule has 4 aliphatic carbocycles. The van der Waals surface area contributed by atoms with Crippen LogP contribution in [0, 0.1) is 40.4 Å². The van der Waals surface area contributed by atoms with Crippen molar-refractivity contribution >= 4 is 0 Å². The van der Waals surface area contributed by atoms with Gasteiger partial charge >= 0.3 is 0 Å². The average molecular weight is 317 g/mol. The Labute approximate surface area is 142 Å². The monoisotopic (exact) mass is 316 g/mol. The highest BCUT2D eigenvalue weighted by Gasteiger charge is 2.59. The third-order valence-electron chi connectivity index (χ3n) is 9.14. The topological polar surface area (TPSA) is 20.2 Å². The van der Waals surface area contributed by atoms with Crippen molar-refractivity contribution in [2.45, 2.75) is 84.7 Å². The van der Waals surface area contributed by atoms with E-state index in [1.807, 2.05) is 0 Å². The summed E-state index contributed by atoms with van der Waals surface area (Å²) in [7, 11) is 0. The van der Waals surface area contributed by atoms with E-state index in [-0.39, 0.29) is 6.10 Å². The standard InChI is InChI=1S/C22H36O/c1-4-5-15-7-9-19-18-8-6-16-14-17(23)10-12-22(16,3)20(18)11-13-21(15,19)2/h4-5,15-20,23H,6-14H2,1-3H3/b5-4+. The first-order chi connectivity index (χ1) is 11.0. The number of aliphatic hydroxyl groups excluding tert-OH is 1. The Bertz CT molecular complexity index is 482. The molecule has 23 heavy (non-hydrogen) atoms. The minimum Gasteiger partial charge on any atom is -0.393 e. The molecule has 4 aliphatic rings. The molecule has 0 heterocycles. The second kappa shape index (κ2) is 5.61. The van der Waals surface area contributed by atoms with E-state index < -0.39 is 0 Å². The van der Waals surface area contributed by atoms with Crippen LogP contribution >= 0.6 is 0 Å². The highest BCUT2D eigenvalue weighted by Crippen LogP contribution is 2.67. The summed E-state index contributed by atoms with van der Waals surface area (Å²) in [5.41, 5.74) is 1.10. The van der Waals surface area contributed by atoms with Gasteiger partial charge in [-0.05, 0) is 105 Å². The molecule has 130 valence electrons. The first kappa shape index (κ1) is 16.2. The first-order valence-corrected chi connectivity index (χ1v) is 10.3. The van der Waals surface area contributed by atoms with Crippen molar-refractivity contribution in [2.75, 3.05) is 0 Å². The highest BCUT2D eigenvalue weighted by atomic mass is 16.3. The number of hydrogen-bond acceptors (Lipinski definition) is 1. The molecule has 1 heteroatoms. The molecule has 0 bridgehead atoms. The highest BCUT2D eigenvalue weighted by molar-refractivity contribution is 5.12. The minimum atomic E-state index is -0.0102. The maximum absolute atomic E-state index is 10.1. The Kier molecular flexibility index (Phi) is 3.95. The van der Waals surface area contributed by atoms with Crippen molar-refractivity contribution in [3.05, 3.63) is 12.2 Å². The van der Waals surface area contributed by atoms with Gasteiger partial charge < -0.3 is 5.11 Å². The summed E-state index contributed by atoms with van der Waals surface area (Å²) in [5.74, 6) is 4.51. The zero-order chi connectivity index (χ0) is 16.2. The van der Waals surface area contributed by atoms with Gasteiger partial charge in [-0.2, -0.15) is 0 Å². The SMILES string of the molecule is C/C=C/C1CCC2C3CCC4CC(O)CCC4(C)C3CCC12C. The maximum atomic E-state index is 10.1. The van der Waals surface area contributed by atoms with E-state index in [2.05, 4.69) is 32.9 Å². The molecular formula is C22H36O. The van der Waals surface area contributed by atoms with Gasteiger partial charge in [-0.15, -0.1) is 0 Å². The molecule has 4 rings (SSSR count). The quantitative estimate of drug-likeness (QED) is 0.626. The Morgan fingerprint density at radius 3 is 2.39 bits per heavy atom. The van der Waals surface area contributed by atoms with Crippen molar-refractivity contribution in [2.24, 2.45) is 40.4 Å². The van der Waals surface area contributed by atoms with Crippen LogP contribution in [-0.2, 0) is 0 Å². The predicted octanol–water partition coefficient (Wildman–Crippen LogP) is 5.58. The van der Waals surface area contributed by atoms with Gasteiger partial charge in [0, 0.05) is 0 Å². The van der Waals surface area contributed by atoms with E-state index in [0.717, 1.165) is 42.4 Å². The summed E-state index contributed by atoms with van der Waals surface area (Å²) in [5, 5.41) is 10.1. The van der Waals surface area contributed by atoms with E-state index in [9.17, 15) is 5.11 Å². The van der Waals surface area contributed by atoms with Crippen LogP contribution in [0.25, 0.3) is 0 Å². The Hall–Kier alpha value is -0.300. The molecule has 0 radical (unpaired) electrons. The maximum Gasteiger partial charge on any atom is 0.0543 e. The fourth-order valence-electron chi connectivity index (χ4n) is 7.82. The van der Waals surface area contributed by atoms with Crippen LogP contribution in [0.3, 0.4) is 0 Å². The molecule has 0 aliphatic heterocycles. The Morgan fingerprint density at radius 1 is 0.870 bits per heavy atom. The third-order valence-corrected chi connectivity index (χ3v) is 9.14. The van der Waals surface area contributed by atoms with Crippen LogP contribution < -0.4 is 0 Å². The molecule has 0 amide bonds. The summed E-state index contributed by atoms with van der Waals surface area (Å²) < 4.78 is 0. The van der Waals surface area contributed by atoms with Crippen molar-refractivity contribution in [1.29, 1.82) is 0 Å². The van der Waals surface area contributed by atoms with E-state index in [0.29, 0.717) is 10.8 Å². The molecule has 8 unspecified atom stereocenters. The van der Waals surface area contributed by atoms with Gasteiger partial charge in [-0.25, -0.2) is 0 Å². The molecule has 4 saturated carbocycles. The van der Waals surface area contributed by atoms with Crippen molar-refractivity contribution in [3.63, 3.8) is 0 Å². The number of allylic oxidation sites excluding steroid dienone is 2. The zero-order valence-electron chi connectivity index (χ0n) is 15.4. The molecule has 0 spiro atoms. The lowest BCUT2D eigenvalue weighted by molar-refractivity contribution is -0.124. The van der Waals surface area contributed by atoms with Crippen LogP contribution in [0.2, 0.25) is 0 Å². The lowest BCUT2D eigenvalue weighted by Gasteiger charge is -2.60. The second-order valence-electron chi connectivity index (χ2n) is 9.84. The zero-order valence-corrected chi connectivity index (χ0v) is 15.4. The smallest absolute Gasteiger partial charge is 0.0543 e. The molecule has 0 aromatic heterocycles. The largest absolute Gasteiger partial charge is 0.393 e. The van der Waals surface area contributed by atoms with Crippen molar-refractivity contribution in [1.82, 2.24) is 0 Å². The lowest BCUT2D eigenvalue weighted by Crippen LogP contribution is -2.53. The second-order valence-corrected chi connectivity index (χ2v) is 9.84. The van der Waals surface area contributed by atoms with Crippen molar-refractivity contribution in [3.8, 4) is 0 Å². The Balaban J connectivity index is 1.60. The van der Waals surface area contributed by atoms with Gasteiger partial charge in [-0.1, -0.05) is 26.0 Å². The number of rotatable bonds is 1. The average Bonchev–Trinajstić information content (AvgIpc) is 2.85. The summed E-state index contributed by atoms with van der Waals surface area (Å²) in [4.78, 5) is 0. The van der Waals surface area contributed by atoms with Gasteiger partial charge in [-0.3, -0.25) is 0 Å². The summed E-state index contributed by atoms with van der Waals surface area (Å²) in [6.07, 6.45) is 16.8. The van der Waals surface area contributed by atoms with Gasteiger partial charge in [0.1, 0.15) is 0 Å². The molecule has 0 saturated heterocycles. The summed E-state index contributed by atoms with van der Waals surface area (Å²) >= 11 is 0. The van der Waals surface area contributed by atoms with Crippen LogP contribution in [0.15, 0.2) is 12.2 Å². The van der Waals surface area contributed by atoms with Crippen LogP contribution in [0.5, 0.6) is 0 Å². The molecule has 4 fully saturated rings. The summed E-state index contributed by atoms with van der Waals surface area (Å²) in [6.45, 7) is 7.41. The van der Waals surface area contributed by atoms with Crippen LogP contribution in [0.1, 0.15) is 78.6 Å². The van der Waals surface area contributed by atoms with Crippen molar-refractivity contribution < 1.29 is 5.11 Å². The van der Waals surface area contributed by atoms with E-state index in [4.69, 9.17) is 0 Å².